The van der Waals surface area contributed by atoms with Gasteiger partial charge in [0.05, 0.1) is 22.1 Å². The number of benzene rings is 2. The van der Waals surface area contributed by atoms with Crippen LogP contribution in [-0.2, 0) is 38.8 Å². The number of fused-ring (bicyclic) bond motifs is 4. The van der Waals surface area contributed by atoms with Crippen molar-refractivity contribution in [3.63, 3.8) is 0 Å². The highest BCUT2D eigenvalue weighted by molar-refractivity contribution is 5.90. The van der Waals surface area contributed by atoms with Crippen LogP contribution in [0.1, 0.15) is 125 Å². The quantitative estimate of drug-likeness (QED) is 0.0943. The molecule has 0 unspecified atom stereocenters. The molecule has 6 heteroatoms. The average molecular weight is 847 g/mol. The van der Waals surface area contributed by atoms with Gasteiger partial charge in [0.2, 0.25) is 11.0 Å². The van der Waals surface area contributed by atoms with E-state index in [2.05, 4.69) is 57.7 Å². The standard InChI is InChI=1S/C40H54N4.2HI/c41-39-31-21-11-9-13-25-35(31)43(37-27-17-15-23-33(37)39)29-19-7-5-3-1-2-4-6-8-20-30-44-36-26-14-10-12-22-32(36)40(42)34-24-16-18-28-38(34)44;;/h15-18,23-24,27-28,41-42H,1-14,19-22,25-26,29-30H2;2*1H. The highest BCUT2D eigenvalue weighted by atomic mass is 127. The number of rotatable bonds is 13. The summed E-state index contributed by atoms with van der Waals surface area (Å²) >= 11 is 0. The maximum absolute atomic E-state index is 6.70. The number of nitrogens with zero attached hydrogens (tertiary/aromatic N) is 2. The number of aryl methyl sites for hydroxylation is 2. The summed E-state index contributed by atoms with van der Waals surface area (Å²) in [6, 6.07) is 17.6. The number of nitrogen functional groups attached to an aromatic ring is 2. The zero-order chi connectivity index (χ0) is 30.1. The second-order valence-corrected chi connectivity index (χ2v) is 13.7. The van der Waals surface area contributed by atoms with E-state index in [1.165, 1.54) is 160 Å². The Morgan fingerprint density at radius 1 is 0.435 bits per heavy atom. The highest BCUT2D eigenvalue weighted by Gasteiger charge is 2.27. The molecular formula is C40H56I2N4. The fraction of sp³-hybridized carbons (Fsp3) is 0.550. The third-order valence-corrected chi connectivity index (χ3v) is 10.7. The average Bonchev–Trinajstić information content (AvgIpc) is 3.46. The Balaban J connectivity index is 0.00000240. The van der Waals surface area contributed by atoms with Gasteiger partial charge in [-0.25, -0.2) is 0 Å². The molecular weight excluding hydrogens is 790 g/mol. The van der Waals surface area contributed by atoms with Gasteiger partial charge in [-0.3, -0.25) is 0 Å². The topological polar surface area (TPSA) is 59.8 Å². The molecule has 0 spiro atoms. The number of halogens is 2. The van der Waals surface area contributed by atoms with Gasteiger partial charge >= 0.3 is 0 Å². The molecule has 0 radical (unpaired) electrons. The lowest BCUT2D eigenvalue weighted by molar-refractivity contribution is -0.679. The van der Waals surface area contributed by atoms with Crippen molar-refractivity contribution >= 4 is 33.2 Å². The summed E-state index contributed by atoms with van der Waals surface area (Å²) in [6.45, 7) is 2.27. The summed E-state index contributed by atoms with van der Waals surface area (Å²) in [5, 5.41) is 2.51. The van der Waals surface area contributed by atoms with E-state index in [9.17, 15) is 0 Å². The van der Waals surface area contributed by atoms with Crippen LogP contribution in [0.25, 0.3) is 21.8 Å². The van der Waals surface area contributed by atoms with Gasteiger partial charge in [0.1, 0.15) is 13.1 Å². The van der Waals surface area contributed by atoms with Gasteiger partial charge in [0.25, 0.3) is 0 Å². The Hall–Kier alpha value is -1.68. The first kappa shape index (κ1) is 37.1. The van der Waals surface area contributed by atoms with E-state index >= 15 is 0 Å². The number of pyridine rings is 2. The van der Waals surface area contributed by atoms with E-state index in [1.807, 2.05) is 0 Å². The molecule has 2 aromatic heterocycles. The number of hydrogen-bond donors (Lipinski definition) is 2. The molecule has 250 valence electrons. The second-order valence-electron chi connectivity index (χ2n) is 13.7. The van der Waals surface area contributed by atoms with Crippen LogP contribution >= 0.6 is 0 Å². The smallest absolute Gasteiger partial charge is 0.214 e. The summed E-state index contributed by atoms with van der Waals surface area (Å²) in [5.74, 6) is 0. The van der Waals surface area contributed by atoms with E-state index in [0.717, 1.165) is 37.3 Å². The lowest BCUT2D eigenvalue weighted by atomic mass is 10.0. The first-order chi connectivity index (χ1) is 21.7. The van der Waals surface area contributed by atoms with Crippen LogP contribution in [-0.4, -0.2) is 0 Å². The molecule has 0 amide bonds. The minimum atomic E-state index is 0. The number of aromatic nitrogens is 2. The molecule has 2 aliphatic rings. The van der Waals surface area contributed by atoms with Crippen LogP contribution in [0.5, 0.6) is 0 Å². The van der Waals surface area contributed by atoms with Crippen molar-refractivity contribution in [2.45, 2.75) is 142 Å². The normalized spacial score (nSPS) is 14.5. The van der Waals surface area contributed by atoms with Crippen molar-refractivity contribution in [1.29, 1.82) is 0 Å². The molecule has 4 nitrogen and oxygen atoms in total. The maximum atomic E-state index is 6.70. The third-order valence-electron chi connectivity index (χ3n) is 10.7. The van der Waals surface area contributed by atoms with Crippen LogP contribution in [0.3, 0.4) is 0 Å². The van der Waals surface area contributed by atoms with Crippen LogP contribution in [0.4, 0.5) is 11.4 Å². The zero-order valence-electron chi connectivity index (χ0n) is 28.0. The van der Waals surface area contributed by atoms with Crippen LogP contribution in [0.2, 0.25) is 0 Å². The van der Waals surface area contributed by atoms with Gasteiger partial charge in [-0.2, -0.15) is 9.13 Å². The summed E-state index contributed by atoms with van der Waals surface area (Å²) in [5.41, 5.74) is 24.1. The minimum Gasteiger partial charge on any atom is -1.00 e. The van der Waals surface area contributed by atoms with Crippen molar-refractivity contribution < 1.29 is 57.1 Å². The molecule has 4 aromatic rings. The summed E-state index contributed by atoms with van der Waals surface area (Å²) in [6.07, 6.45) is 25.9. The minimum absolute atomic E-state index is 0. The maximum Gasteiger partial charge on any atom is 0.214 e. The van der Waals surface area contributed by atoms with Gasteiger partial charge < -0.3 is 59.4 Å². The van der Waals surface area contributed by atoms with Crippen molar-refractivity contribution in [2.75, 3.05) is 11.5 Å². The van der Waals surface area contributed by atoms with Crippen molar-refractivity contribution in [3.8, 4) is 0 Å². The highest BCUT2D eigenvalue weighted by Crippen LogP contribution is 2.31. The molecule has 2 aliphatic carbocycles. The predicted octanol–water partition coefficient (Wildman–Crippen LogP) is 2.88. The Labute approximate surface area is 312 Å². The number of nitrogens with two attached hydrogens (primary N) is 2. The second kappa shape index (κ2) is 18.8. The van der Waals surface area contributed by atoms with Crippen LogP contribution < -0.4 is 68.6 Å². The molecule has 2 heterocycles. The molecule has 2 aromatic carbocycles. The lowest BCUT2D eigenvalue weighted by Crippen LogP contribution is -3.00. The van der Waals surface area contributed by atoms with Gasteiger partial charge in [-0.05, 0) is 63.5 Å². The van der Waals surface area contributed by atoms with Gasteiger partial charge in [0, 0.05) is 48.9 Å². The fourth-order valence-electron chi connectivity index (χ4n) is 8.26. The number of anilines is 2. The number of para-hydroxylation sites is 2. The monoisotopic (exact) mass is 846 g/mol. The Morgan fingerprint density at radius 2 is 0.783 bits per heavy atom. The SMILES string of the molecule is Nc1c2c([n+](CCCCCCCCCCCC[n+]3c4c(c(N)c5ccccc53)CCCCC4)c3ccccc13)CCCCC2.[I-].[I-]. The number of unbranched alkanes of at least 4 members (excludes halogenated alkanes) is 9. The molecule has 0 saturated heterocycles. The van der Waals surface area contributed by atoms with Gasteiger partial charge in [-0.15, -0.1) is 0 Å². The Morgan fingerprint density at radius 3 is 1.20 bits per heavy atom. The van der Waals surface area contributed by atoms with E-state index in [1.54, 1.807) is 0 Å². The van der Waals surface area contributed by atoms with Crippen molar-refractivity contribution in [1.82, 2.24) is 0 Å². The van der Waals surface area contributed by atoms with Crippen molar-refractivity contribution in [3.05, 3.63) is 71.0 Å². The molecule has 0 aliphatic heterocycles. The van der Waals surface area contributed by atoms with Gasteiger partial charge in [-0.1, -0.05) is 75.6 Å². The van der Waals surface area contributed by atoms with E-state index in [-0.39, 0.29) is 48.0 Å². The Kier molecular flexibility index (Phi) is 15.1. The fourth-order valence-corrected chi connectivity index (χ4v) is 8.26. The largest absolute Gasteiger partial charge is 1.00 e. The van der Waals surface area contributed by atoms with E-state index in [4.69, 9.17) is 11.5 Å². The van der Waals surface area contributed by atoms with E-state index < -0.39 is 0 Å². The summed E-state index contributed by atoms with van der Waals surface area (Å²) < 4.78 is 5.27. The van der Waals surface area contributed by atoms with Crippen molar-refractivity contribution in [2.24, 2.45) is 0 Å². The number of hydrogen-bond acceptors (Lipinski definition) is 2. The molecule has 0 atom stereocenters. The third kappa shape index (κ3) is 8.66. The summed E-state index contributed by atoms with van der Waals surface area (Å²) in [4.78, 5) is 0. The van der Waals surface area contributed by atoms with Crippen LogP contribution in [0.15, 0.2) is 48.5 Å². The molecule has 0 bridgehead atoms. The first-order valence-electron chi connectivity index (χ1n) is 18.2. The molecule has 0 saturated carbocycles. The lowest BCUT2D eigenvalue weighted by Gasteiger charge is -2.14. The first-order valence-corrected chi connectivity index (χ1v) is 18.2. The van der Waals surface area contributed by atoms with Crippen LogP contribution in [0, 0.1) is 0 Å². The summed E-state index contributed by atoms with van der Waals surface area (Å²) in [7, 11) is 0. The molecule has 46 heavy (non-hydrogen) atoms. The molecule has 6 rings (SSSR count). The van der Waals surface area contributed by atoms with E-state index in [0.29, 0.717) is 0 Å². The zero-order valence-corrected chi connectivity index (χ0v) is 32.3. The Bertz CT molecular complexity index is 1450. The molecule has 4 N–H and O–H groups in total. The van der Waals surface area contributed by atoms with Gasteiger partial charge in [0.15, 0.2) is 11.4 Å². The predicted molar refractivity (Wildman–Crippen MR) is 186 cm³/mol. The molecule has 0 fully saturated rings.